The molecule has 0 amide bonds. The minimum absolute atomic E-state index is 0.186. The van der Waals surface area contributed by atoms with Gasteiger partial charge in [-0.25, -0.2) is 4.98 Å². The number of hydrogen-bond donors (Lipinski definition) is 1. The Morgan fingerprint density at radius 3 is 2.48 bits per heavy atom. The van der Waals surface area contributed by atoms with Gasteiger partial charge in [0.15, 0.2) is 0 Å². The summed E-state index contributed by atoms with van der Waals surface area (Å²) in [6.45, 7) is 6.39. The maximum atomic E-state index is 6.55. The molecule has 1 heterocycles. The first-order chi connectivity index (χ1) is 10.9. The molecule has 0 fully saturated rings. The lowest BCUT2D eigenvalue weighted by molar-refractivity contribution is 0.400. The van der Waals surface area contributed by atoms with E-state index in [-0.39, 0.29) is 5.54 Å². The van der Waals surface area contributed by atoms with E-state index in [2.05, 4.69) is 54.6 Å². The maximum Gasteiger partial charge on any atom is 0.201 e. The molecule has 3 nitrogen and oxygen atoms in total. The fraction of sp³-hybridized carbons (Fsp3) is 0.316. The number of anilines is 1. The molecule has 0 spiro atoms. The van der Waals surface area contributed by atoms with Crippen LogP contribution >= 0.6 is 11.6 Å². The second kappa shape index (κ2) is 5.89. The zero-order valence-electron chi connectivity index (χ0n) is 13.8. The first-order valence-corrected chi connectivity index (χ1v) is 8.27. The third kappa shape index (κ3) is 2.93. The van der Waals surface area contributed by atoms with Crippen molar-refractivity contribution < 1.29 is 0 Å². The van der Waals surface area contributed by atoms with Gasteiger partial charge in [-0.2, -0.15) is 0 Å². The smallest absolute Gasteiger partial charge is 0.201 e. The first kappa shape index (κ1) is 15.9. The van der Waals surface area contributed by atoms with Gasteiger partial charge in [-0.1, -0.05) is 54.1 Å². The molecule has 23 heavy (non-hydrogen) atoms. The Morgan fingerprint density at radius 2 is 1.87 bits per heavy atom. The van der Waals surface area contributed by atoms with Crippen molar-refractivity contribution in [1.29, 1.82) is 0 Å². The van der Waals surface area contributed by atoms with Gasteiger partial charge in [0.1, 0.15) is 0 Å². The summed E-state index contributed by atoms with van der Waals surface area (Å²) in [7, 11) is 0. The van der Waals surface area contributed by atoms with E-state index in [1.54, 1.807) is 0 Å². The van der Waals surface area contributed by atoms with Gasteiger partial charge in [0.05, 0.1) is 11.4 Å². The van der Waals surface area contributed by atoms with Crippen LogP contribution < -0.4 is 5.73 Å². The number of nitrogens with zero attached hydrogens (tertiary/aromatic N) is 2. The number of imidazole rings is 1. The van der Waals surface area contributed by atoms with Crippen molar-refractivity contribution in [2.45, 2.75) is 39.2 Å². The van der Waals surface area contributed by atoms with Crippen LogP contribution in [0.1, 0.15) is 39.3 Å². The highest BCUT2D eigenvalue weighted by atomic mass is 35.5. The third-order valence-electron chi connectivity index (χ3n) is 3.98. The van der Waals surface area contributed by atoms with Crippen molar-refractivity contribution >= 4 is 23.1 Å². The summed E-state index contributed by atoms with van der Waals surface area (Å²) in [5.41, 5.74) is 10.1. The number of nitrogens with two attached hydrogens (primary N) is 1. The molecule has 2 aromatic rings. The summed E-state index contributed by atoms with van der Waals surface area (Å²) in [5.74, 6) is 0.516. The second-order valence-electron chi connectivity index (χ2n) is 6.80. The van der Waals surface area contributed by atoms with Crippen LogP contribution in [0, 0.1) is 0 Å². The maximum absolute atomic E-state index is 6.55. The molecule has 120 valence electrons. The molecule has 1 aromatic heterocycles. The molecular formula is C19H22ClN3. The van der Waals surface area contributed by atoms with Crippen molar-refractivity contribution in [2.75, 3.05) is 5.73 Å². The van der Waals surface area contributed by atoms with Crippen LogP contribution in [0.4, 0.5) is 5.95 Å². The molecular weight excluding hydrogens is 306 g/mol. The highest BCUT2D eigenvalue weighted by molar-refractivity contribution is 6.33. The van der Waals surface area contributed by atoms with Gasteiger partial charge in [-0.05, 0) is 33.6 Å². The van der Waals surface area contributed by atoms with Crippen LogP contribution in [-0.2, 0) is 5.54 Å². The molecule has 4 heteroatoms. The predicted molar refractivity (Wildman–Crippen MR) is 98.2 cm³/mol. The van der Waals surface area contributed by atoms with Crippen molar-refractivity contribution in [3.63, 3.8) is 0 Å². The van der Waals surface area contributed by atoms with Gasteiger partial charge < -0.3 is 10.3 Å². The Kier molecular flexibility index (Phi) is 4.07. The monoisotopic (exact) mass is 327 g/mol. The first-order valence-electron chi connectivity index (χ1n) is 7.89. The molecule has 0 saturated carbocycles. The van der Waals surface area contributed by atoms with Crippen LogP contribution in [0.15, 0.2) is 47.5 Å². The van der Waals surface area contributed by atoms with Crippen molar-refractivity contribution in [2.24, 2.45) is 0 Å². The van der Waals surface area contributed by atoms with Gasteiger partial charge >= 0.3 is 0 Å². The number of aromatic nitrogens is 2. The summed E-state index contributed by atoms with van der Waals surface area (Å²) in [5, 5.41) is 0.870. The van der Waals surface area contributed by atoms with E-state index in [4.69, 9.17) is 17.3 Å². The zero-order valence-corrected chi connectivity index (χ0v) is 14.6. The fourth-order valence-electron chi connectivity index (χ4n) is 3.01. The van der Waals surface area contributed by atoms with Crippen LogP contribution in [-0.4, -0.2) is 9.55 Å². The lowest BCUT2D eigenvalue weighted by Crippen LogP contribution is -2.25. The summed E-state index contributed by atoms with van der Waals surface area (Å²) in [4.78, 5) is 4.67. The van der Waals surface area contributed by atoms with E-state index in [0.717, 1.165) is 40.4 Å². The van der Waals surface area contributed by atoms with Gasteiger partial charge in [-0.15, -0.1) is 0 Å². The average molecular weight is 328 g/mol. The quantitative estimate of drug-likeness (QED) is 0.825. The van der Waals surface area contributed by atoms with E-state index in [0.29, 0.717) is 5.95 Å². The van der Waals surface area contributed by atoms with Gasteiger partial charge in [0.2, 0.25) is 5.95 Å². The largest absolute Gasteiger partial charge is 0.369 e. The minimum Gasteiger partial charge on any atom is -0.369 e. The molecule has 0 radical (unpaired) electrons. The SMILES string of the molecule is CC(C)(C)n1c(N)nc(-c2ccccc2)c1C1=C(Cl)CCC=C1. The fourth-order valence-corrected chi connectivity index (χ4v) is 3.27. The number of benzene rings is 1. The normalized spacial score (nSPS) is 15.3. The Labute approximate surface area is 142 Å². The summed E-state index contributed by atoms with van der Waals surface area (Å²) >= 11 is 6.55. The molecule has 0 saturated heterocycles. The number of nitrogen functional groups attached to an aromatic ring is 1. The van der Waals surface area contributed by atoms with Gasteiger partial charge in [-0.3, -0.25) is 0 Å². The lowest BCUT2D eigenvalue weighted by atomic mass is 9.97. The van der Waals surface area contributed by atoms with Crippen LogP contribution in [0.2, 0.25) is 0 Å². The molecule has 1 aromatic carbocycles. The van der Waals surface area contributed by atoms with E-state index in [1.807, 2.05) is 18.2 Å². The summed E-state index contributed by atoms with van der Waals surface area (Å²) in [6.07, 6.45) is 6.09. The molecule has 2 N–H and O–H groups in total. The number of rotatable bonds is 2. The second-order valence-corrected chi connectivity index (χ2v) is 7.26. The Hall–Kier alpha value is -2.00. The molecule has 0 bridgehead atoms. The molecule has 1 aliphatic carbocycles. The standard InChI is InChI=1S/C19H22ClN3/c1-19(2,3)23-17(14-11-7-8-12-15(14)20)16(22-18(23)21)13-9-5-4-6-10-13/h4-7,9-11H,8,12H2,1-3H3,(H2,21,22). The molecule has 3 rings (SSSR count). The highest BCUT2D eigenvalue weighted by Crippen LogP contribution is 2.39. The van der Waals surface area contributed by atoms with Crippen molar-refractivity contribution in [1.82, 2.24) is 9.55 Å². The van der Waals surface area contributed by atoms with Gasteiger partial charge in [0, 0.05) is 21.7 Å². The highest BCUT2D eigenvalue weighted by Gasteiger charge is 2.28. The van der Waals surface area contributed by atoms with E-state index < -0.39 is 0 Å². The third-order valence-corrected chi connectivity index (χ3v) is 4.38. The van der Waals surface area contributed by atoms with E-state index in [1.165, 1.54) is 0 Å². The van der Waals surface area contributed by atoms with E-state index in [9.17, 15) is 0 Å². The van der Waals surface area contributed by atoms with Crippen molar-refractivity contribution in [3.05, 3.63) is 53.2 Å². The molecule has 0 aliphatic heterocycles. The topological polar surface area (TPSA) is 43.8 Å². The molecule has 0 atom stereocenters. The number of hydrogen-bond acceptors (Lipinski definition) is 2. The van der Waals surface area contributed by atoms with Crippen LogP contribution in [0.25, 0.3) is 16.8 Å². The number of allylic oxidation sites excluding steroid dienone is 4. The van der Waals surface area contributed by atoms with E-state index >= 15 is 0 Å². The zero-order chi connectivity index (χ0) is 16.6. The van der Waals surface area contributed by atoms with Gasteiger partial charge in [0.25, 0.3) is 0 Å². The Bertz CT molecular complexity index is 777. The van der Waals surface area contributed by atoms with Crippen LogP contribution in [0.3, 0.4) is 0 Å². The molecule has 1 aliphatic rings. The Balaban J connectivity index is 2.33. The summed E-state index contributed by atoms with van der Waals surface area (Å²) < 4.78 is 2.09. The Morgan fingerprint density at radius 1 is 1.17 bits per heavy atom. The predicted octanol–water partition coefficient (Wildman–Crippen LogP) is 5.19. The lowest BCUT2D eigenvalue weighted by Gasteiger charge is -2.26. The minimum atomic E-state index is -0.186. The van der Waals surface area contributed by atoms with Crippen molar-refractivity contribution in [3.8, 4) is 11.3 Å². The number of halogens is 1. The van der Waals surface area contributed by atoms with Crippen LogP contribution in [0.5, 0.6) is 0 Å². The average Bonchev–Trinajstić information content (AvgIpc) is 2.86. The summed E-state index contributed by atoms with van der Waals surface area (Å²) in [6, 6.07) is 10.1. The molecule has 0 unspecified atom stereocenters.